The molecule has 0 spiro atoms. The first-order valence-corrected chi connectivity index (χ1v) is 8.57. The van der Waals surface area contributed by atoms with Crippen molar-refractivity contribution in [2.24, 2.45) is 5.73 Å². The standard InChI is InChI=1S/C17H22N2O4S/c1-12-10-24-11-16(12)23-9-14(20)8-19-6-7-22-15-4-2-13(3-5-15)17(18)21/h2-5,10-11,14,19-20H,6-9H2,1H3,(H2,18,21). The lowest BCUT2D eigenvalue weighted by atomic mass is 10.2. The van der Waals surface area contributed by atoms with Crippen LogP contribution in [0, 0.1) is 6.92 Å². The van der Waals surface area contributed by atoms with E-state index < -0.39 is 12.0 Å². The highest BCUT2D eigenvalue weighted by Crippen LogP contribution is 2.22. The third-order valence-corrected chi connectivity index (χ3v) is 4.15. The Hall–Kier alpha value is -2.09. The summed E-state index contributed by atoms with van der Waals surface area (Å²) in [6.45, 7) is 3.69. The summed E-state index contributed by atoms with van der Waals surface area (Å²) in [6.07, 6.45) is -0.584. The molecular formula is C17H22N2O4S. The molecule has 0 bridgehead atoms. The average Bonchev–Trinajstić information content (AvgIpc) is 2.98. The molecule has 0 aliphatic heterocycles. The van der Waals surface area contributed by atoms with E-state index in [0.717, 1.165) is 11.3 Å². The predicted octanol–water partition coefficient (Wildman–Crippen LogP) is 1.56. The first-order chi connectivity index (χ1) is 11.6. The van der Waals surface area contributed by atoms with Gasteiger partial charge in [0.15, 0.2) is 0 Å². The number of aryl methyl sites for hydroxylation is 1. The number of carbonyl (C=O) groups is 1. The summed E-state index contributed by atoms with van der Waals surface area (Å²) in [4.78, 5) is 11.0. The zero-order valence-corrected chi connectivity index (χ0v) is 14.3. The molecule has 6 nitrogen and oxygen atoms in total. The first kappa shape index (κ1) is 18.3. The number of aliphatic hydroxyl groups is 1. The smallest absolute Gasteiger partial charge is 0.248 e. The molecule has 1 unspecified atom stereocenters. The third-order valence-electron chi connectivity index (χ3n) is 3.31. The van der Waals surface area contributed by atoms with Gasteiger partial charge < -0.3 is 25.6 Å². The fourth-order valence-electron chi connectivity index (χ4n) is 1.97. The van der Waals surface area contributed by atoms with Gasteiger partial charge in [-0.25, -0.2) is 0 Å². The van der Waals surface area contributed by atoms with Crippen molar-refractivity contribution in [2.45, 2.75) is 13.0 Å². The minimum absolute atomic E-state index is 0.250. The molecule has 0 radical (unpaired) electrons. The van der Waals surface area contributed by atoms with Crippen molar-refractivity contribution in [2.75, 3.05) is 26.3 Å². The van der Waals surface area contributed by atoms with Crippen molar-refractivity contribution >= 4 is 17.2 Å². The minimum Gasteiger partial charge on any atom is -0.492 e. The molecule has 0 fully saturated rings. The second-order valence-corrected chi connectivity index (χ2v) is 6.07. The van der Waals surface area contributed by atoms with E-state index >= 15 is 0 Å². The van der Waals surface area contributed by atoms with Gasteiger partial charge in [-0.1, -0.05) is 0 Å². The average molecular weight is 350 g/mol. The van der Waals surface area contributed by atoms with Crippen LogP contribution in [0.1, 0.15) is 15.9 Å². The van der Waals surface area contributed by atoms with Crippen molar-refractivity contribution in [1.82, 2.24) is 5.32 Å². The summed E-state index contributed by atoms with van der Waals surface area (Å²) in [5.41, 5.74) is 6.70. The number of amides is 1. The van der Waals surface area contributed by atoms with Gasteiger partial charge in [0.2, 0.25) is 5.91 Å². The molecule has 4 N–H and O–H groups in total. The molecule has 1 amide bonds. The van der Waals surface area contributed by atoms with Gasteiger partial charge in [0, 0.05) is 29.6 Å². The van der Waals surface area contributed by atoms with Crippen molar-refractivity contribution in [3.05, 3.63) is 46.2 Å². The van der Waals surface area contributed by atoms with Crippen LogP contribution < -0.4 is 20.5 Å². The zero-order chi connectivity index (χ0) is 17.4. The molecule has 1 aromatic heterocycles. The highest BCUT2D eigenvalue weighted by molar-refractivity contribution is 7.08. The molecule has 0 saturated carbocycles. The van der Waals surface area contributed by atoms with Crippen LogP contribution in [0.2, 0.25) is 0 Å². The molecule has 2 aromatic rings. The number of benzene rings is 1. The van der Waals surface area contributed by atoms with E-state index in [1.807, 2.05) is 17.7 Å². The molecule has 1 aromatic carbocycles. The zero-order valence-electron chi connectivity index (χ0n) is 13.5. The van der Waals surface area contributed by atoms with Crippen LogP contribution in [0.3, 0.4) is 0 Å². The van der Waals surface area contributed by atoms with Crippen LogP contribution >= 0.6 is 11.3 Å². The van der Waals surface area contributed by atoms with E-state index in [4.69, 9.17) is 15.2 Å². The van der Waals surface area contributed by atoms with Gasteiger partial charge in [-0.15, -0.1) is 11.3 Å². The van der Waals surface area contributed by atoms with E-state index in [1.165, 1.54) is 0 Å². The maximum absolute atomic E-state index is 11.0. The Labute approximate surface area is 145 Å². The Balaban J connectivity index is 1.57. The molecule has 0 saturated heterocycles. The fraction of sp³-hybridized carbons (Fsp3) is 0.353. The van der Waals surface area contributed by atoms with Gasteiger partial charge in [0.25, 0.3) is 0 Å². The number of nitrogens with two attached hydrogens (primary N) is 1. The highest BCUT2D eigenvalue weighted by Gasteiger charge is 2.07. The predicted molar refractivity (Wildman–Crippen MR) is 93.9 cm³/mol. The van der Waals surface area contributed by atoms with Crippen LogP contribution in [0.15, 0.2) is 35.0 Å². The Morgan fingerprint density at radius 3 is 2.67 bits per heavy atom. The molecule has 1 atom stereocenters. The topological polar surface area (TPSA) is 93.8 Å². The number of rotatable bonds is 10. The quantitative estimate of drug-likeness (QED) is 0.566. The van der Waals surface area contributed by atoms with E-state index in [-0.39, 0.29) is 6.61 Å². The van der Waals surface area contributed by atoms with Gasteiger partial charge in [0.1, 0.15) is 30.8 Å². The molecule has 0 aliphatic rings. The lowest BCUT2D eigenvalue weighted by Crippen LogP contribution is -2.33. The number of carbonyl (C=O) groups excluding carboxylic acids is 1. The molecule has 1 heterocycles. The van der Waals surface area contributed by atoms with Gasteiger partial charge in [0.05, 0.1) is 0 Å². The van der Waals surface area contributed by atoms with Crippen molar-refractivity contribution in [1.29, 1.82) is 0 Å². The summed E-state index contributed by atoms with van der Waals surface area (Å²) in [7, 11) is 0. The van der Waals surface area contributed by atoms with E-state index in [2.05, 4.69) is 5.32 Å². The fourth-order valence-corrected chi connectivity index (χ4v) is 2.73. The Morgan fingerprint density at radius 2 is 2.04 bits per heavy atom. The van der Waals surface area contributed by atoms with E-state index in [1.54, 1.807) is 35.6 Å². The summed E-state index contributed by atoms with van der Waals surface area (Å²) in [5, 5.41) is 16.9. The van der Waals surface area contributed by atoms with Crippen molar-refractivity contribution in [3.8, 4) is 11.5 Å². The van der Waals surface area contributed by atoms with Crippen LogP contribution in [0.25, 0.3) is 0 Å². The third kappa shape index (κ3) is 5.84. The van der Waals surface area contributed by atoms with Gasteiger partial charge in [-0.3, -0.25) is 4.79 Å². The summed E-state index contributed by atoms with van der Waals surface area (Å²) < 4.78 is 11.1. The lowest BCUT2D eigenvalue weighted by Gasteiger charge is -2.13. The van der Waals surface area contributed by atoms with Gasteiger partial charge in [-0.05, 0) is 36.6 Å². The lowest BCUT2D eigenvalue weighted by molar-refractivity contribution is 0.1000. The summed E-state index contributed by atoms with van der Waals surface area (Å²) in [5.74, 6) is 1.03. The number of aliphatic hydroxyl groups excluding tert-OH is 1. The Bertz CT molecular complexity index is 642. The van der Waals surface area contributed by atoms with Gasteiger partial charge >= 0.3 is 0 Å². The number of thiophene rings is 1. The Morgan fingerprint density at radius 1 is 1.29 bits per heavy atom. The maximum Gasteiger partial charge on any atom is 0.248 e. The second-order valence-electron chi connectivity index (χ2n) is 5.33. The van der Waals surface area contributed by atoms with Crippen molar-refractivity contribution < 1.29 is 19.4 Å². The number of nitrogens with one attached hydrogen (secondary N) is 1. The first-order valence-electron chi connectivity index (χ1n) is 7.63. The van der Waals surface area contributed by atoms with Crippen LogP contribution in [-0.4, -0.2) is 43.4 Å². The molecule has 0 aliphatic carbocycles. The largest absolute Gasteiger partial charge is 0.492 e. The molecule has 2 rings (SSSR count). The molecule has 24 heavy (non-hydrogen) atoms. The van der Waals surface area contributed by atoms with Crippen LogP contribution in [0.4, 0.5) is 0 Å². The molecule has 130 valence electrons. The second kappa shape index (κ2) is 9.27. The van der Waals surface area contributed by atoms with Crippen molar-refractivity contribution in [3.63, 3.8) is 0 Å². The SMILES string of the molecule is Cc1cscc1OCC(O)CNCCOc1ccc(C(N)=O)cc1. The summed E-state index contributed by atoms with van der Waals surface area (Å²) >= 11 is 1.58. The number of hydrogen-bond acceptors (Lipinski definition) is 6. The highest BCUT2D eigenvalue weighted by atomic mass is 32.1. The minimum atomic E-state index is -0.584. The van der Waals surface area contributed by atoms with Crippen LogP contribution in [0.5, 0.6) is 11.5 Å². The Kier molecular flexibility index (Phi) is 7.05. The number of hydrogen-bond donors (Lipinski definition) is 3. The summed E-state index contributed by atoms with van der Waals surface area (Å²) in [6, 6.07) is 6.65. The number of ether oxygens (including phenoxy) is 2. The molecule has 7 heteroatoms. The van der Waals surface area contributed by atoms with E-state index in [9.17, 15) is 9.90 Å². The molecular weight excluding hydrogens is 328 g/mol. The normalized spacial score (nSPS) is 11.9. The van der Waals surface area contributed by atoms with Gasteiger partial charge in [-0.2, -0.15) is 0 Å². The monoisotopic (exact) mass is 350 g/mol. The van der Waals surface area contributed by atoms with Crippen LogP contribution in [-0.2, 0) is 0 Å². The maximum atomic E-state index is 11.0. The van der Waals surface area contributed by atoms with E-state index in [0.29, 0.717) is 31.0 Å². The number of primary amides is 1.